The Hall–Kier alpha value is 0.130. The Balaban J connectivity index is 3.09. The predicted octanol–water partition coefficient (Wildman–Crippen LogP) is 2.27. The van der Waals surface area contributed by atoms with Crippen LogP contribution in [0.15, 0.2) is 12.4 Å². The highest BCUT2D eigenvalue weighted by Gasteiger charge is 1.94. The Morgan fingerprint density at radius 3 is 1.80 bits per heavy atom. The zero-order chi connectivity index (χ0) is 7.56. The first-order valence-electron chi connectivity index (χ1n) is 2.68. The summed E-state index contributed by atoms with van der Waals surface area (Å²) in [4.78, 5) is 0. The van der Waals surface area contributed by atoms with Crippen LogP contribution in [0.4, 0.5) is 0 Å². The van der Waals surface area contributed by atoms with E-state index in [2.05, 4.69) is 0 Å². The van der Waals surface area contributed by atoms with Gasteiger partial charge in [0.2, 0.25) is 0 Å². The third kappa shape index (κ3) is 1.41. The van der Waals surface area contributed by atoms with Gasteiger partial charge in [-0.15, -0.1) is 0 Å². The minimum atomic E-state index is 0.847. The van der Waals surface area contributed by atoms with Crippen LogP contribution in [-0.4, -0.2) is 20.5 Å². The highest BCUT2D eigenvalue weighted by Crippen LogP contribution is 2.09. The zero-order valence-electron chi connectivity index (χ0n) is 5.77. The van der Waals surface area contributed by atoms with Crippen molar-refractivity contribution in [2.75, 3.05) is 12.5 Å². The first-order valence-corrected chi connectivity index (χ1v) is 5.45. The summed E-state index contributed by atoms with van der Waals surface area (Å²) in [5, 5.41) is 0. The molecule has 56 valence electrons. The maximum atomic E-state index is 5.11. The second-order valence-electron chi connectivity index (χ2n) is 1.60. The van der Waals surface area contributed by atoms with Gasteiger partial charge in [0.15, 0.2) is 4.77 Å². The molecule has 1 aromatic heterocycles. The van der Waals surface area contributed by atoms with E-state index in [1.54, 1.807) is 23.9 Å². The molecule has 0 aliphatic carbocycles. The van der Waals surface area contributed by atoms with E-state index in [1.807, 2.05) is 32.9 Å². The lowest BCUT2D eigenvalue weighted by Crippen LogP contribution is -1.85. The molecule has 0 unspecified atom stereocenters. The van der Waals surface area contributed by atoms with Crippen LogP contribution in [0.2, 0.25) is 0 Å². The van der Waals surface area contributed by atoms with Crippen LogP contribution in [0.1, 0.15) is 0 Å². The van der Waals surface area contributed by atoms with Gasteiger partial charge in [-0.25, -0.2) is 0 Å². The van der Waals surface area contributed by atoms with E-state index in [1.165, 1.54) is 0 Å². The molecular formula is C5H8N2S3. The molecule has 0 aromatic carbocycles. The van der Waals surface area contributed by atoms with Crippen LogP contribution >= 0.6 is 36.1 Å². The van der Waals surface area contributed by atoms with Gasteiger partial charge in [0.25, 0.3) is 0 Å². The van der Waals surface area contributed by atoms with E-state index >= 15 is 0 Å². The summed E-state index contributed by atoms with van der Waals surface area (Å²) in [6.07, 6.45) is 7.92. The summed E-state index contributed by atoms with van der Waals surface area (Å²) < 4.78 is 4.75. The summed E-state index contributed by atoms with van der Waals surface area (Å²) >= 11 is 8.33. The molecule has 0 saturated heterocycles. The van der Waals surface area contributed by atoms with Gasteiger partial charge >= 0.3 is 0 Å². The second kappa shape index (κ2) is 3.50. The Morgan fingerprint density at radius 2 is 1.60 bits per heavy atom. The van der Waals surface area contributed by atoms with Crippen LogP contribution < -0.4 is 0 Å². The second-order valence-corrected chi connectivity index (χ2v) is 3.48. The van der Waals surface area contributed by atoms with Gasteiger partial charge in [-0.1, -0.05) is 0 Å². The lowest BCUT2D eigenvalue weighted by atomic mass is 11.0. The molecule has 0 radical (unpaired) electrons. The Kier molecular flexibility index (Phi) is 2.88. The number of aromatic nitrogens is 2. The third-order valence-corrected chi connectivity index (χ3v) is 3.11. The summed E-state index contributed by atoms with van der Waals surface area (Å²) in [5.41, 5.74) is 0. The molecule has 0 saturated carbocycles. The number of rotatable bonds is 2. The Labute approximate surface area is 73.9 Å². The van der Waals surface area contributed by atoms with Gasteiger partial charge < -0.3 is 0 Å². The topological polar surface area (TPSA) is 9.86 Å². The molecule has 0 amide bonds. The van der Waals surface area contributed by atoms with Crippen LogP contribution in [0.3, 0.4) is 0 Å². The van der Waals surface area contributed by atoms with Gasteiger partial charge in [-0.3, -0.25) is 7.94 Å². The smallest absolute Gasteiger partial charge is 0.200 e. The van der Waals surface area contributed by atoms with Crippen molar-refractivity contribution in [3.05, 3.63) is 17.2 Å². The van der Waals surface area contributed by atoms with Gasteiger partial charge in [0, 0.05) is 24.9 Å². The van der Waals surface area contributed by atoms with Crippen LogP contribution in [-0.2, 0) is 0 Å². The summed E-state index contributed by atoms with van der Waals surface area (Å²) in [5.74, 6) is 0. The first kappa shape index (κ1) is 8.23. The molecule has 1 rings (SSSR count). The van der Waals surface area contributed by atoms with Crippen molar-refractivity contribution in [3.8, 4) is 0 Å². The lowest BCUT2D eigenvalue weighted by molar-refractivity contribution is 1.15. The van der Waals surface area contributed by atoms with Crippen molar-refractivity contribution in [3.63, 3.8) is 0 Å². The molecule has 10 heavy (non-hydrogen) atoms. The number of hydrogen-bond acceptors (Lipinski definition) is 3. The molecule has 0 bridgehead atoms. The fraction of sp³-hybridized carbons (Fsp3) is 0.400. The van der Waals surface area contributed by atoms with E-state index in [9.17, 15) is 0 Å². The summed E-state index contributed by atoms with van der Waals surface area (Å²) in [7, 11) is 0. The van der Waals surface area contributed by atoms with Crippen LogP contribution in [0, 0.1) is 4.77 Å². The van der Waals surface area contributed by atoms with Crippen LogP contribution in [0.5, 0.6) is 0 Å². The SMILES string of the molecule is CSn1ccn(SC)c1=S. The maximum Gasteiger partial charge on any atom is 0.200 e. The van der Waals surface area contributed by atoms with Crippen molar-refractivity contribution in [2.45, 2.75) is 0 Å². The van der Waals surface area contributed by atoms with E-state index < -0.39 is 0 Å². The average Bonchev–Trinajstić information content (AvgIpc) is 2.30. The van der Waals surface area contributed by atoms with Gasteiger partial charge in [0.1, 0.15) is 0 Å². The highest BCUT2D eigenvalue weighted by molar-refractivity contribution is 7.98. The summed E-state index contributed by atoms with van der Waals surface area (Å²) in [6.45, 7) is 0. The molecule has 0 aliphatic heterocycles. The quantitative estimate of drug-likeness (QED) is 0.666. The Bertz CT molecular complexity index is 238. The monoisotopic (exact) mass is 192 g/mol. The molecular weight excluding hydrogens is 184 g/mol. The normalized spacial score (nSPS) is 10.2. The molecule has 5 heteroatoms. The maximum absolute atomic E-state index is 5.11. The standard InChI is InChI=1S/C5H8N2S3/c1-9-6-3-4-7(10-2)5(6)8/h3-4H,1-2H3. The van der Waals surface area contributed by atoms with Crippen molar-refractivity contribution < 1.29 is 0 Å². The largest absolute Gasteiger partial charge is 0.266 e. The van der Waals surface area contributed by atoms with Crippen molar-refractivity contribution in [1.29, 1.82) is 0 Å². The van der Waals surface area contributed by atoms with Crippen molar-refractivity contribution in [2.24, 2.45) is 0 Å². The van der Waals surface area contributed by atoms with Crippen LogP contribution in [0.25, 0.3) is 0 Å². The van der Waals surface area contributed by atoms with Gasteiger partial charge in [-0.2, -0.15) is 0 Å². The number of imidazole rings is 1. The number of nitrogens with zero attached hydrogens (tertiary/aromatic N) is 2. The Morgan fingerprint density at radius 1 is 1.20 bits per heavy atom. The first-order chi connectivity index (χ1) is 4.79. The fourth-order valence-corrected chi connectivity index (χ4v) is 2.08. The molecule has 0 atom stereocenters. The number of hydrogen-bond donors (Lipinski definition) is 0. The zero-order valence-corrected chi connectivity index (χ0v) is 8.22. The summed E-state index contributed by atoms with van der Waals surface area (Å²) in [6, 6.07) is 0. The molecule has 1 heterocycles. The fourth-order valence-electron chi connectivity index (χ4n) is 0.624. The highest BCUT2D eigenvalue weighted by atomic mass is 32.2. The molecule has 0 spiro atoms. The van der Waals surface area contributed by atoms with E-state index in [0.717, 1.165) is 4.77 Å². The van der Waals surface area contributed by atoms with E-state index in [-0.39, 0.29) is 0 Å². The third-order valence-electron chi connectivity index (χ3n) is 1.11. The van der Waals surface area contributed by atoms with E-state index in [0.29, 0.717) is 0 Å². The van der Waals surface area contributed by atoms with Gasteiger partial charge in [0.05, 0.1) is 0 Å². The van der Waals surface area contributed by atoms with E-state index in [4.69, 9.17) is 12.2 Å². The minimum Gasteiger partial charge on any atom is -0.266 e. The predicted molar refractivity (Wildman–Crippen MR) is 51.1 cm³/mol. The van der Waals surface area contributed by atoms with Crippen molar-refractivity contribution in [1.82, 2.24) is 7.94 Å². The lowest BCUT2D eigenvalue weighted by Gasteiger charge is -1.94. The molecule has 0 N–H and O–H groups in total. The molecule has 0 aliphatic rings. The van der Waals surface area contributed by atoms with Crippen molar-refractivity contribution >= 4 is 36.1 Å². The van der Waals surface area contributed by atoms with Gasteiger partial charge in [-0.05, 0) is 36.1 Å². The minimum absolute atomic E-state index is 0.847. The molecule has 1 aromatic rings. The molecule has 0 fully saturated rings. The molecule has 2 nitrogen and oxygen atoms in total. The average molecular weight is 192 g/mol.